The van der Waals surface area contributed by atoms with Crippen LogP contribution in [0.15, 0.2) is 84.9 Å². The van der Waals surface area contributed by atoms with Gasteiger partial charge in [0.05, 0.1) is 39.4 Å². The molecular weight excluding hydrogens is 496 g/mol. The highest BCUT2D eigenvalue weighted by Gasteiger charge is 2.17. The van der Waals surface area contributed by atoms with Crippen LogP contribution in [0.4, 0.5) is 0 Å². The molecule has 2 aromatic carbocycles. The molecule has 6 heteroatoms. The molecule has 5 aromatic rings. The zero-order valence-electron chi connectivity index (χ0n) is 21.3. The summed E-state index contributed by atoms with van der Waals surface area (Å²) in [4.78, 5) is 41.2. The highest BCUT2D eigenvalue weighted by atomic mass is 16.1. The second-order valence-electron chi connectivity index (χ2n) is 9.55. The Kier molecular flexibility index (Phi) is 5.64. The summed E-state index contributed by atoms with van der Waals surface area (Å²) in [7, 11) is 0. The summed E-state index contributed by atoms with van der Waals surface area (Å²) in [6.45, 7) is 0. The van der Waals surface area contributed by atoms with E-state index in [1.54, 1.807) is 12.2 Å². The van der Waals surface area contributed by atoms with Gasteiger partial charge in [0.1, 0.15) is 0 Å². The Balaban J connectivity index is 1.70. The van der Waals surface area contributed by atoms with Crippen LogP contribution in [0.3, 0.4) is 0 Å². The molecule has 0 unspecified atom stereocenters. The van der Waals surface area contributed by atoms with E-state index in [9.17, 15) is 9.59 Å². The number of aromatic amines is 2. The molecule has 0 aliphatic carbocycles. The Labute approximate surface area is 229 Å². The minimum atomic E-state index is 0.362. The molecule has 0 radical (unpaired) electrons. The smallest absolute Gasteiger partial charge is 0.154 e. The van der Waals surface area contributed by atoms with Gasteiger partial charge < -0.3 is 9.97 Å². The van der Waals surface area contributed by atoms with Crippen LogP contribution in [0.5, 0.6) is 0 Å². The van der Waals surface area contributed by atoms with E-state index in [2.05, 4.69) is 39.2 Å². The van der Waals surface area contributed by atoms with Gasteiger partial charge in [-0.2, -0.15) is 0 Å². The number of fused-ring (bicyclic) bond motifs is 8. The molecule has 6 nitrogen and oxygen atoms in total. The van der Waals surface area contributed by atoms with E-state index in [0.717, 1.165) is 57.1 Å². The van der Waals surface area contributed by atoms with Crippen molar-refractivity contribution in [2.45, 2.75) is 0 Å². The van der Waals surface area contributed by atoms with Crippen LogP contribution in [0.25, 0.3) is 68.6 Å². The van der Waals surface area contributed by atoms with Gasteiger partial charge in [0.25, 0.3) is 0 Å². The third-order valence-electron chi connectivity index (χ3n) is 7.19. The fraction of sp³-hybridized carbons (Fsp3) is 0. The molecule has 0 spiro atoms. The van der Waals surface area contributed by atoms with Crippen molar-refractivity contribution in [3.63, 3.8) is 0 Å². The van der Waals surface area contributed by atoms with Gasteiger partial charge in [0, 0.05) is 27.7 Å². The van der Waals surface area contributed by atoms with E-state index in [0.29, 0.717) is 33.7 Å². The number of hydrogen-bond acceptors (Lipinski definition) is 4. The minimum absolute atomic E-state index is 0.362. The lowest BCUT2D eigenvalue weighted by Gasteiger charge is -2.05. The van der Waals surface area contributed by atoms with E-state index in [1.165, 1.54) is 0 Å². The maximum absolute atomic E-state index is 12.3. The van der Waals surface area contributed by atoms with Gasteiger partial charge in [-0.3, -0.25) is 9.59 Å². The highest BCUT2D eigenvalue weighted by molar-refractivity contribution is 6.00. The fourth-order valence-corrected chi connectivity index (χ4v) is 5.32. The molecule has 190 valence electrons. The lowest BCUT2D eigenvalue weighted by Crippen LogP contribution is -1.93. The van der Waals surface area contributed by atoms with Crippen LogP contribution in [0, 0.1) is 0 Å². The Morgan fingerprint density at radius 1 is 0.450 bits per heavy atom. The molecule has 0 saturated heterocycles. The molecule has 5 heterocycles. The Morgan fingerprint density at radius 3 is 1.45 bits per heavy atom. The summed E-state index contributed by atoms with van der Waals surface area (Å²) in [5, 5.41) is 0. The molecule has 0 fully saturated rings. The van der Waals surface area contributed by atoms with Gasteiger partial charge in [0.15, 0.2) is 12.6 Å². The number of benzene rings is 2. The van der Waals surface area contributed by atoms with Crippen molar-refractivity contribution in [3.05, 3.63) is 119 Å². The summed E-state index contributed by atoms with van der Waals surface area (Å²) in [5.41, 5.74) is 10.2. The zero-order valence-corrected chi connectivity index (χ0v) is 21.3. The lowest BCUT2D eigenvalue weighted by atomic mass is 10.0. The van der Waals surface area contributed by atoms with Gasteiger partial charge >= 0.3 is 0 Å². The molecule has 7 rings (SSSR count). The predicted molar refractivity (Wildman–Crippen MR) is 161 cm³/mol. The largest absolute Gasteiger partial charge is 0.354 e. The molecule has 8 bridgehead atoms. The third kappa shape index (κ3) is 3.90. The Hall–Kier alpha value is -5.62. The van der Waals surface area contributed by atoms with E-state index >= 15 is 0 Å². The Morgan fingerprint density at radius 2 is 0.875 bits per heavy atom. The van der Waals surface area contributed by atoms with Crippen LogP contribution < -0.4 is 0 Å². The lowest BCUT2D eigenvalue weighted by molar-refractivity contribution is 0.111. The SMILES string of the molecule is O=Cc1c2nc(c(C=O)c3ccc([nH]3)c(-c3ccccc3)c3ccc([nH]3)c(-c3ccccc3)c3nc1C=C3)C=C2. The van der Waals surface area contributed by atoms with Crippen molar-refractivity contribution in [3.8, 4) is 22.3 Å². The predicted octanol–water partition coefficient (Wildman–Crippen LogP) is 7.61. The standard InChI is InChI=1S/C34H22N4O2/c39-19-23-25-11-12-26(35-25)24(20-40)28-14-16-30(37-28)34(22-9-5-2-6-10-22)32-18-17-31(38-32)33(21-7-3-1-4-8-21)29-15-13-27(23)36-29/h1-20,36,38H. The molecule has 2 aliphatic heterocycles. The topological polar surface area (TPSA) is 91.5 Å². The summed E-state index contributed by atoms with van der Waals surface area (Å²) < 4.78 is 0. The summed E-state index contributed by atoms with van der Waals surface area (Å²) in [5.74, 6) is 0. The second-order valence-corrected chi connectivity index (χ2v) is 9.55. The number of H-pyrrole nitrogens is 2. The summed E-state index contributed by atoms with van der Waals surface area (Å²) in [6, 6.07) is 28.2. The second kappa shape index (κ2) is 9.60. The molecule has 2 N–H and O–H groups in total. The van der Waals surface area contributed by atoms with Crippen LogP contribution in [-0.4, -0.2) is 32.5 Å². The van der Waals surface area contributed by atoms with Gasteiger partial charge in [-0.1, -0.05) is 60.7 Å². The first-order valence-electron chi connectivity index (χ1n) is 12.9. The summed E-state index contributed by atoms with van der Waals surface area (Å²) >= 11 is 0. The monoisotopic (exact) mass is 518 g/mol. The van der Waals surface area contributed by atoms with Crippen LogP contribution >= 0.6 is 0 Å². The number of aldehydes is 2. The van der Waals surface area contributed by atoms with Crippen molar-refractivity contribution in [2.24, 2.45) is 0 Å². The maximum atomic E-state index is 12.3. The molecule has 0 saturated carbocycles. The van der Waals surface area contributed by atoms with Gasteiger partial charge in [-0.05, 0) is 59.7 Å². The number of rotatable bonds is 4. The number of nitrogens with one attached hydrogen (secondary N) is 2. The number of carbonyl (C=O) groups excluding carboxylic acids is 2. The van der Waals surface area contributed by atoms with Crippen molar-refractivity contribution >= 4 is 58.9 Å². The van der Waals surface area contributed by atoms with Crippen LogP contribution in [0.2, 0.25) is 0 Å². The first-order chi connectivity index (χ1) is 19.7. The Bertz CT molecular complexity index is 2030. The van der Waals surface area contributed by atoms with Crippen LogP contribution in [-0.2, 0) is 0 Å². The van der Waals surface area contributed by atoms with Crippen molar-refractivity contribution in [2.75, 3.05) is 0 Å². The normalized spacial score (nSPS) is 12.0. The minimum Gasteiger partial charge on any atom is -0.354 e. The number of aromatic nitrogens is 4. The number of hydrogen-bond donors (Lipinski definition) is 2. The first kappa shape index (κ1) is 23.5. The molecule has 3 aromatic heterocycles. The average Bonchev–Trinajstić information content (AvgIpc) is 3.81. The van der Waals surface area contributed by atoms with E-state index in [-0.39, 0.29) is 0 Å². The molecular formula is C34H22N4O2. The highest BCUT2D eigenvalue weighted by Crippen LogP contribution is 2.34. The van der Waals surface area contributed by atoms with Crippen molar-refractivity contribution in [1.82, 2.24) is 19.9 Å². The van der Waals surface area contributed by atoms with E-state index < -0.39 is 0 Å². The first-order valence-corrected chi connectivity index (χ1v) is 12.9. The maximum Gasteiger partial charge on any atom is 0.154 e. The van der Waals surface area contributed by atoms with Crippen LogP contribution in [0.1, 0.15) is 43.5 Å². The quantitative estimate of drug-likeness (QED) is 0.235. The van der Waals surface area contributed by atoms with Gasteiger partial charge in [0.2, 0.25) is 0 Å². The van der Waals surface area contributed by atoms with Gasteiger partial charge in [-0.25, -0.2) is 9.97 Å². The van der Waals surface area contributed by atoms with Crippen molar-refractivity contribution < 1.29 is 9.59 Å². The number of carbonyl (C=O) groups is 2. The molecule has 40 heavy (non-hydrogen) atoms. The zero-order chi connectivity index (χ0) is 27.1. The average molecular weight is 519 g/mol. The molecule has 0 amide bonds. The van der Waals surface area contributed by atoms with E-state index in [4.69, 9.17) is 4.98 Å². The number of nitrogens with zero attached hydrogens (tertiary/aromatic N) is 2. The van der Waals surface area contributed by atoms with Crippen molar-refractivity contribution in [1.29, 1.82) is 0 Å². The third-order valence-corrected chi connectivity index (χ3v) is 7.19. The molecule has 0 atom stereocenters. The molecule has 2 aliphatic rings. The van der Waals surface area contributed by atoms with Gasteiger partial charge in [-0.15, -0.1) is 0 Å². The fourth-order valence-electron chi connectivity index (χ4n) is 5.32. The van der Waals surface area contributed by atoms with E-state index in [1.807, 2.05) is 72.8 Å². The summed E-state index contributed by atoms with van der Waals surface area (Å²) in [6.07, 6.45) is 8.82.